The molecule has 0 aromatic heterocycles. The van der Waals surface area contributed by atoms with Crippen molar-refractivity contribution in [1.29, 1.82) is 0 Å². The Morgan fingerprint density at radius 1 is 1.00 bits per heavy atom. The molecule has 4 unspecified atom stereocenters. The number of hydrogen-bond donors (Lipinski definition) is 6. The van der Waals surface area contributed by atoms with Crippen LogP contribution in [0.5, 0.6) is 0 Å². The summed E-state index contributed by atoms with van der Waals surface area (Å²) in [6, 6.07) is 4.35. The van der Waals surface area contributed by atoms with Crippen molar-refractivity contribution >= 4 is 29.7 Å². The van der Waals surface area contributed by atoms with Gasteiger partial charge in [-0.25, -0.2) is 4.79 Å². The van der Waals surface area contributed by atoms with Crippen LogP contribution in [0.1, 0.15) is 31.7 Å². The quantitative estimate of drug-likeness (QED) is 0.250. The highest BCUT2D eigenvalue weighted by Gasteiger charge is 2.31. The predicted octanol–water partition coefficient (Wildman–Crippen LogP) is -0.985. The summed E-state index contributed by atoms with van der Waals surface area (Å²) in [6.07, 6.45) is 0.714. The van der Waals surface area contributed by atoms with E-state index in [1.54, 1.807) is 30.3 Å². The highest BCUT2D eigenvalue weighted by atomic mass is 16.4. The highest BCUT2D eigenvalue weighted by molar-refractivity contribution is 5.95. The van der Waals surface area contributed by atoms with Gasteiger partial charge in [0.25, 0.3) is 0 Å². The summed E-state index contributed by atoms with van der Waals surface area (Å²) in [5, 5.41) is 28.7. The van der Waals surface area contributed by atoms with Crippen LogP contribution in [-0.2, 0) is 30.4 Å². The van der Waals surface area contributed by atoms with Crippen molar-refractivity contribution in [1.82, 2.24) is 21.3 Å². The Balaban J connectivity index is 2.00. The minimum Gasteiger partial charge on any atom is -0.481 e. The second-order valence-corrected chi connectivity index (χ2v) is 7.63. The molecule has 1 fully saturated rings. The molecule has 1 saturated heterocycles. The van der Waals surface area contributed by atoms with Crippen molar-refractivity contribution in [2.45, 2.75) is 56.8 Å². The van der Waals surface area contributed by atoms with E-state index in [1.807, 2.05) is 0 Å². The number of carboxylic acids is 2. The number of aliphatic carboxylic acids is 2. The average molecular weight is 448 g/mol. The lowest BCUT2D eigenvalue weighted by Gasteiger charge is -2.23. The van der Waals surface area contributed by atoms with Gasteiger partial charge in [-0.3, -0.25) is 19.2 Å². The lowest BCUT2D eigenvalue weighted by Crippen LogP contribution is -2.57. The molecule has 1 aliphatic heterocycles. The molecule has 2 rings (SSSR count). The molecule has 0 radical (unpaired) electrons. The van der Waals surface area contributed by atoms with Crippen LogP contribution in [0.3, 0.4) is 0 Å². The van der Waals surface area contributed by atoms with Crippen molar-refractivity contribution in [2.24, 2.45) is 0 Å². The van der Waals surface area contributed by atoms with Crippen molar-refractivity contribution in [3.8, 4) is 0 Å². The molecule has 6 N–H and O–H groups in total. The molecular weight excluding hydrogens is 420 g/mol. The fourth-order valence-electron chi connectivity index (χ4n) is 3.29. The van der Waals surface area contributed by atoms with Crippen molar-refractivity contribution < 1.29 is 34.2 Å². The summed E-state index contributed by atoms with van der Waals surface area (Å²) in [6.45, 7) is 2.11. The van der Waals surface area contributed by atoms with E-state index in [4.69, 9.17) is 5.11 Å². The van der Waals surface area contributed by atoms with Crippen molar-refractivity contribution in [3.63, 3.8) is 0 Å². The van der Waals surface area contributed by atoms with E-state index in [0.717, 1.165) is 6.42 Å². The van der Waals surface area contributed by atoms with Crippen molar-refractivity contribution in [2.75, 3.05) is 6.54 Å². The Morgan fingerprint density at radius 3 is 2.22 bits per heavy atom. The Morgan fingerprint density at radius 2 is 1.66 bits per heavy atom. The third-order valence-electron chi connectivity index (χ3n) is 5.04. The summed E-state index contributed by atoms with van der Waals surface area (Å²) < 4.78 is 0. The van der Waals surface area contributed by atoms with Crippen molar-refractivity contribution in [3.05, 3.63) is 35.9 Å². The summed E-state index contributed by atoms with van der Waals surface area (Å²) in [5.41, 5.74) is 0.663. The number of carbonyl (C=O) groups is 5. The maximum Gasteiger partial charge on any atom is 0.326 e. The first-order chi connectivity index (χ1) is 15.2. The topological polar surface area (TPSA) is 174 Å². The summed E-state index contributed by atoms with van der Waals surface area (Å²) in [7, 11) is 0. The zero-order chi connectivity index (χ0) is 23.7. The molecular formula is C21H28N4O7. The third-order valence-corrected chi connectivity index (χ3v) is 5.04. The van der Waals surface area contributed by atoms with Gasteiger partial charge < -0.3 is 31.5 Å². The SMILES string of the molecule is CC(NC(=O)C1CCCN1)C(=O)NC(CC(=O)O)C(=O)NC(Cc1ccccc1)C(=O)O. The molecule has 3 amide bonds. The van der Waals surface area contributed by atoms with Gasteiger partial charge in [0.05, 0.1) is 12.5 Å². The van der Waals surface area contributed by atoms with E-state index in [2.05, 4.69) is 21.3 Å². The number of carbonyl (C=O) groups excluding carboxylic acids is 3. The van der Waals surface area contributed by atoms with Crippen LogP contribution in [-0.4, -0.2) is 70.6 Å². The molecule has 32 heavy (non-hydrogen) atoms. The molecule has 0 bridgehead atoms. The fraction of sp³-hybridized carbons (Fsp3) is 0.476. The maximum absolute atomic E-state index is 12.6. The van der Waals surface area contributed by atoms with Crippen LogP contribution in [0.4, 0.5) is 0 Å². The second-order valence-electron chi connectivity index (χ2n) is 7.63. The van der Waals surface area contributed by atoms with Crippen LogP contribution in [0.15, 0.2) is 30.3 Å². The van der Waals surface area contributed by atoms with Gasteiger partial charge >= 0.3 is 11.9 Å². The molecule has 4 atom stereocenters. The Bertz CT molecular complexity index is 840. The predicted molar refractivity (Wildman–Crippen MR) is 113 cm³/mol. The average Bonchev–Trinajstić information content (AvgIpc) is 3.28. The van der Waals surface area contributed by atoms with Gasteiger partial charge in [-0.15, -0.1) is 0 Å². The van der Waals surface area contributed by atoms with Gasteiger partial charge in [-0.2, -0.15) is 0 Å². The maximum atomic E-state index is 12.6. The third kappa shape index (κ3) is 7.65. The van der Waals surface area contributed by atoms with E-state index in [0.29, 0.717) is 18.5 Å². The van der Waals surface area contributed by atoms with Crippen LogP contribution < -0.4 is 21.3 Å². The first-order valence-corrected chi connectivity index (χ1v) is 10.3. The molecule has 174 valence electrons. The van der Waals surface area contributed by atoms with Gasteiger partial charge in [0, 0.05) is 6.42 Å². The lowest BCUT2D eigenvalue weighted by molar-refractivity contribution is -0.143. The van der Waals surface area contributed by atoms with Gasteiger partial charge in [0.1, 0.15) is 18.1 Å². The number of nitrogens with one attached hydrogen (secondary N) is 4. The minimum atomic E-state index is -1.51. The molecule has 1 aliphatic rings. The molecule has 1 aromatic rings. The van der Waals surface area contributed by atoms with E-state index >= 15 is 0 Å². The summed E-state index contributed by atoms with van der Waals surface area (Å²) >= 11 is 0. The highest BCUT2D eigenvalue weighted by Crippen LogP contribution is 2.06. The largest absolute Gasteiger partial charge is 0.481 e. The number of carboxylic acid groups (broad SMARTS) is 2. The Kier molecular flexibility index (Phi) is 9.14. The number of hydrogen-bond acceptors (Lipinski definition) is 6. The van der Waals surface area contributed by atoms with E-state index in [-0.39, 0.29) is 12.3 Å². The Hall–Kier alpha value is -3.47. The monoisotopic (exact) mass is 448 g/mol. The molecule has 0 spiro atoms. The first kappa shape index (κ1) is 24.8. The standard InChI is InChI=1S/C21H28N4O7/c1-12(23-19(29)14-8-5-9-22-14)18(28)24-15(11-17(26)27)20(30)25-16(21(31)32)10-13-6-3-2-4-7-13/h2-4,6-7,12,14-16,22H,5,8-11H2,1H3,(H,23,29)(H,24,28)(H,25,30)(H,26,27)(H,31,32). The number of amides is 3. The molecule has 11 heteroatoms. The molecule has 1 aromatic carbocycles. The number of rotatable bonds is 11. The summed E-state index contributed by atoms with van der Waals surface area (Å²) in [4.78, 5) is 60.0. The fourth-order valence-corrected chi connectivity index (χ4v) is 3.29. The van der Waals surface area contributed by atoms with Gasteiger partial charge in [0.15, 0.2) is 0 Å². The second kappa shape index (κ2) is 11.8. The van der Waals surface area contributed by atoms with E-state index in [1.165, 1.54) is 6.92 Å². The van der Waals surface area contributed by atoms with Gasteiger partial charge in [-0.05, 0) is 31.9 Å². The van der Waals surface area contributed by atoms with Crippen LogP contribution >= 0.6 is 0 Å². The van der Waals surface area contributed by atoms with Gasteiger partial charge in [-0.1, -0.05) is 30.3 Å². The van der Waals surface area contributed by atoms with Crippen LogP contribution in [0, 0.1) is 0 Å². The smallest absolute Gasteiger partial charge is 0.326 e. The lowest BCUT2D eigenvalue weighted by atomic mass is 10.0. The van der Waals surface area contributed by atoms with Gasteiger partial charge in [0.2, 0.25) is 17.7 Å². The Labute approximate surface area is 184 Å². The normalized spacial score (nSPS) is 18.1. The molecule has 0 aliphatic carbocycles. The number of benzene rings is 1. The zero-order valence-electron chi connectivity index (χ0n) is 17.7. The molecule has 11 nitrogen and oxygen atoms in total. The molecule has 0 saturated carbocycles. The minimum absolute atomic E-state index is 0.0174. The first-order valence-electron chi connectivity index (χ1n) is 10.3. The van der Waals surface area contributed by atoms with E-state index < -0.39 is 54.3 Å². The molecule has 1 heterocycles. The van der Waals surface area contributed by atoms with E-state index in [9.17, 15) is 29.1 Å². The summed E-state index contributed by atoms with van der Waals surface area (Å²) in [5.74, 6) is -4.72. The van der Waals surface area contributed by atoms with Crippen LogP contribution in [0.25, 0.3) is 0 Å². The zero-order valence-corrected chi connectivity index (χ0v) is 17.7. The van der Waals surface area contributed by atoms with Crippen LogP contribution in [0.2, 0.25) is 0 Å².